The van der Waals surface area contributed by atoms with Crippen LogP contribution in [0, 0.1) is 17.1 Å². The molecule has 0 bridgehead atoms. The number of hydrogen-bond acceptors (Lipinski definition) is 3. The quantitative estimate of drug-likeness (QED) is 0.424. The van der Waals surface area contributed by atoms with Crippen LogP contribution in [0.5, 0.6) is 11.5 Å². The summed E-state index contributed by atoms with van der Waals surface area (Å²) in [6.45, 7) is 4.33. The van der Waals surface area contributed by atoms with Gasteiger partial charge in [0.1, 0.15) is 28.9 Å². The molecule has 0 heterocycles. The van der Waals surface area contributed by atoms with Crippen LogP contribution in [0.3, 0.4) is 0 Å². The number of hydrogen-bond donors (Lipinski definition) is 0. The van der Waals surface area contributed by atoms with Crippen molar-refractivity contribution in [1.82, 2.24) is 0 Å². The third-order valence-corrected chi connectivity index (χ3v) is 4.48. The largest absolute Gasteiger partial charge is 0.455 e. The van der Waals surface area contributed by atoms with Crippen LogP contribution in [0.4, 0.5) is 4.39 Å². The summed E-state index contributed by atoms with van der Waals surface area (Å²) < 4.78 is 26.3. The summed E-state index contributed by atoms with van der Waals surface area (Å²) in [5, 5.41) is 9.65. The third-order valence-electron chi connectivity index (χ3n) is 3.83. The van der Waals surface area contributed by atoms with Crippen molar-refractivity contribution in [1.29, 1.82) is 5.26 Å². The molecule has 3 nitrogen and oxygen atoms in total. The van der Waals surface area contributed by atoms with E-state index in [1.54, 1.807) is 43.5 Å². The van der Waals surface area contributed by atoms with Gasteiger partial charge in [-0.15, -0.1) is 0 Å². The zero-order chi connectivity index (χ0) is 20.5. The highest BCUT2D eigenvalue weighted by Gasteiger charge is 2.16. The van der Waals surface area contributed by atoms with Gasteiger partial charge in [-0.25, -0.2) is 4.39 Å². The third kappa shape index (κ3) is 4.98. The van der Waals surface area contributed by atoms with Crippen LogP contribution in [-0.4, -0.2) is 7.11 Å². The number of nitrogens with zero attached hydrogens (tertiary/aromatic N) is 1. The predicted octanol–water partition coefficient (Wildman–Crippen LogP) is 7.09. The number of ether oxygens (including phenoxy) is 2. The SMILES string of the molecule is CC.COCc1ccc(-c2cccc(Oc3ccccc3Br)c2C#N)c(F)c1. The van der Waals surface area contributed by atoms with Gasteiger partial charge in [-0.05, 0) is 45.8 Å². The highest BCUT2D eigenvalue weighted by Crippen LogP contribution is 2.36. The average Bonchev–Trinajstić information content (AvgIpc) is 2.71. The van der Waals surface area contributed by atoms with E-state index in [4.69, 9.17) is 9.47 Å². The zero-order valence-electron chi connectivity index (χ0n) is 16.0. The Balaban J connectivity index is 0.00000136. The summed E-state index contributed by atoms with van der Waals surface area (Å²) in [7, 11) is 1.56. The number of nitriles is 1. The van der Waals surface area contributed by atoms with E-state index in [1.807, 2.05) is 32.0 Å². The fraction of sp³-hybridized carbons (Fsp3) is 0.174. The number of methoxy groups -OCH3 is 1. The number of para-hydroxylation sites is 1. The second-order valence-corrected chi connectivity index (χ2v) is 6.42. The van der Waals surface area contributed by atoms with Gasteiger partial charge in [-0.1, -0.05) is 50.2 Å². The number of halogens is 2. The average molecular weight is 442 g/mol. The molecule has 28 heavy (non-hydrogen) atoms. The molecular formula is C23H21BrFNO2. The van der Waals surface area contributed by atoms with E-state index in [-0.39, 0.29) is 5.56 Å². The van der Waals surface area contributed by atoms with Gasteiger partial charge < -0.3 is 9.47 Å². The van der Waals surface area contributed by atoms with Crippen molar-refractivity contribution in [2.45, 2.75) is 20.5 Å². The van der Waals surface area contributed by atoms with Gasteiger partial charge in [0, 0.05) is 18.2 Å². The molecule has 0 unspecified atom stereocenters. The maximum Gasteiger partial charge on any atom is 0.145 e. The minimum absolute atomic E-state index is 0.279. The summed E-state index contributed by atoms with van der Waals surface area (Å²) in [6, 6.07) is 19.5. The van der Waals surface area contributed by atoms with Gasteiger partial charge in [0.2, 0.25) is 0 Å². The minimum Gasteiger partial charge on any atom is -0.455 e. The van der Waals surface area contributed by atoms with E-state index in [2.05, 4.69) is 22.0 Å². The molecule has 0 radical (unpaired) electrons. The van der Waals surface area contributed by atoms with E-state index >= 15 is 0 Å². The van der Waals surface area contributed by atoms with Gasteiger partial charge in [0.25, 0.3) is 0 Å². The molecule has 0 fully saturated rings. The van der Waals surface area contributed by atoms with E-state index in [0.29, 0.717) is 29.2 Å². The van der Waals surface area contributed by atoms with Crippen molar-refractivity contribution in [3.05, 3.63) is 82.1 Å². The van der Waals surface area contributed by atoms with E-state index < -0.39 is 5.82 Å². The second-order valence-electron chi connectivity index (χ2n) is 5.57. The smallest absolute Gasteiger partial charge is 0.145 e. The standard InChI is InChI=1S/C21H15BrFNO2.C2H6/c1-25-13-14-9-10-16(19(23)11-14)15-5-4-8-20(17(15)12-24)26-21-7-3-2-6-18(21)22;1-2/h2-11H,13H2,1H3;1-2H3. The van der Waals surface area contributed by atoms with E-state index in [1.165, 1.54) is 6.07 Å². The summed E-state index contributed by atoms with van der Waals surface area (Å²) in [5.74, 6) is 0.545. The van der Waals surface area contributed by atoms with Gasteiger partial charge in [-0.2, -0.15) is 5.26 Å². The maximum atomic E-state index is 14.6. The molecule has 3 aromatic carbocycles. The van der Waals surface area contributed by atoms with Crippen LogP contribution >= 0.6 is 15.9 Å². The normalized spacial score (nSPS) is 9.86. The summed E-state index contributed by atoms with van der Waals surface area (Å²) in [4.78, 5) is 0. The van der Waals surface area contributed by atoms with Crippen molar-refractivity contribution in [2.75, 3.05) is 7.11 Å². The second kappa shape index (κ2) is 10.6. The lowest BCUT2D eigenvalue weighted by Crippen LogP contribution is -1.95. The molecule has 3 aromatic rings. The fourth-order valence-electron chi connectivity index (χ4n) is 2.64. The Bertz CT molecular complexity index is 983. The van der Waals surface area contributed by atoms with Crippen LogP contribution in [0.2, 0.25) is 0 Å². The first kappa shape index (κ1) is 21.6. The molecule has 0 atom stereocenters. The molecule has 3 rings (SSSR count). The van der Waals surface area contributed by atoms with Crippen molar-refractivity contribution < 1.29 is 13.9 Å². The van der Waals surface area contributed by atoms with Crippen LogP contribution in [-0.2, 0) is 11.3 Å². The van der Waals surface area contributed by atoms with Crippen LogP contribution in [0.25, 0.3) is 11.1 Å². The summed E-state index contributed by atoms with van der Waals surface area (Å²) in [6.07, 6.45) is 0. The Kier molecular flexibility index (Phi) is 8.19. The first-order chi connectivity index (χ1) is 13.6. The molecule has 0 saturated carbocycles. The molecule has 144 valence electrons. The van der Waals surface area contributed by atoms with Gasteiger partial charge in [0.15, 0.2) is 0 Å². The molecule has 0 saturated heterocycles. The topological polar surface area (TPSA) is 42.2 Å². The monoisotopic (exact) mass is 441 g/mol. The Morgan fingerprint density at radius 1 is 0.964 bits per heavy atom. The molecule has 5 heteroatoms. The lowest BCUT2D eigenvalue weighted by molar-refractivity contribution is 0.184. The Morgan fingerprint density at radius 3 is 2.32 bits per heavy atom. The van der Waals surface area contributed by atoms with Crippen molar-refractivity contribution in [3.8, 4) is 28.7 Å². The number of rotatable bonds is 5. The van der Waals surface area contributed by atoms with Gasteiger partial charge in [0.05, 0.1) is 11.1 Å². The number of benzene rings is 3. The molecule has 0 N–H and O–H groups in total. The Labute approximate surface area is 173 Å². The van der Waals surface area contributed by atoms with Crippen molar-refractivity contribution in [2.24, 2.45) is 0 Å². The minimum atomic E-state index is -0.408. The van der Waals surface area contributed by atoms with E-state index in [9.17, 15) is 9.65 Å². The molecular weight excluding hydrogens is 421 g/mol. The Hall–Kier alpha value is -2.68. The van der Waals surface area contributed by atoms with Crippen LogP contribution in [0.15, 0.2) is 65.1 Å². The lowest BCUT2D eigenvalue weighted by Gasteiger charge is -2.13. The fourth-order valence-corrected chi connectivity index (χ4v) is 3.00. The molecule has 0 spiro atoms. The zero-order valence-corrected chi connectivity index (χ0v) is 17.6. The summed E-state index contributed by atoms with van der Waals surface area (Å²) in [5.41, 5.74) is 1.84. The highest BCUT2D eigenvalue weighted by molar-refractivity contribution is 9.10. The van der Waals surface area contributed by atoms with Crippen molar-refractivity contribution in [3.63, 3.8) is 0 Å². The van der Waals surface area contributed by atoms with E-state index in [0.717, 1.165) is 10.0 Å². The first-order valence-electron chi connectivity index (χ1n) is 8.87. The van der Waals surface area contributed by atoms with Gasteiger partial charge >= 0.3 is 0 Å². The highest BCUT2D eigenvalue weighted by atomic mass is 79.9. The van der Waals surface area contributed by atoms with Gasteiger partial charge in [-0.3, -0.25) is 0 Å². The van der Waals surface area contributed by atoms with Crippen molar-refractivity contribution >= 4 is 15.9 Å². The maximum absolute atomic E-state index is 14.6. The Morgan fingerprint density at radius 2 is 1.68 bits per heavy atom. The van der Waals surface area contributed by atoms with Crippen LogP contribution in [0.1, 0.15) is 25.0 Å². The molecule has 0 aromatic heterocycles. The molecule has 0 aliphatic heterocycles. The van der Waals surface area contributed by atoms with Crippen LogP contribution < -0.4 is 4.74 Å². The molecule has 0 aliphatic carbocycles. The first-order valence-corrected chi connectivity index (χ1v) is 9.66. The molecule has 0 aliphatic rings. The lowest BCUT2D eigenvalue weighted by atomic mass is 9.98. The predicted molar refractivity (Wildman–Crippen MR) is 113 cm³/mol. The molecule has 0 amide bonds. The summed E-state index contributed by atoms with van der Waals surface area (Å²) >= 11 is 3.42.